The molecule has 2 heterocycles. The highest BCUT2D eigenvalue weighted by atomic mass is 16.1. The SMILES string of the molecule is NC(=O)c1cnn(-c2cc(N)nc(N)n2)c1. The number of aromatic nitrogens is 4. The third-order valence-corrected chi connectivity index (χ3v) is 1.85. The van der Waals surface area contributed by atoms with Crippen LogP contribution >= 0.6 is 0 Å². The van der Waals surface area contributed by atoms with Crippen molar-refractivity contribution >= 4 is 17.7 Å². The van der Waals surface area contributed by atoms with Crippen LogP contribution in [0.25, 0.3) is 5.82 Å². The molecule has 0 saturated carbocycles. The van der Waals surface area contributed by atoms with Crippen LogP contribution < -0.4 is 17.2 Å². The van der Waals surface area contributed by atoms with Gasteiger partial charge in [-0.05, 0) is 0 Å². The molecule has 2 rings (SSSR count). The van der Waals surface area contributed by atoms with Crippen molar-refractivity contribution in [1.29, 1.82) is 0 Å². The van der Waals surface area contributed by atoms with Gasteiger partial charge in [-0.25, -0.2) is 4.68 Å². The minimum Gasteiger partial charge on any atom is -0.383 e. The molecule has 1 amide bonds. The molecule has 0 fully saturated rings. The third kappa shape index (κ3) is 1.75. The quantitative estimate of drug-likeness (QED) is 0.587. The maximum absolute atomic E-state index is 10.9. The molecule has 8 heteroatoms. The minimum atomic E-state index is -0.568. The zero-order chi connectivity index (χ0) is 11.7. The topological polar surface area (TPSA) is 139 Å². The van der Waals surface area contributed by atoms with Crippen LogP contribution in [0.4, 0.5) is 11.8 Å². The van der Waals surface area contributed by atoms with Crippen LogP contribution in [0.2, 0.25) is 0 Å². The zero-order valence-corrected chi connectivity index (χ0v) is 8.16. The second kappa shape index (κ2) is 3.50. The number of hydrogen-bond acceptors (Lipinski definition) is 6. The van der Waals surface area contributed by atoms with Crippen molar-refractivity contribution in [2.45, 2.75) is 0 Å². The molecule has 0 aromatic carbocycles. The minimum absolute atomic E-state index is 0.0334. The van der Waals surface area contributed by atoms with Gasteiger partial charge in [0.05, 0.1) is 11.8 Å². The van der Waals surface area contributed by atoms with E-state index in [1.807, 2.05) is 0 Å². The normalized spacial score (nSPS) is 10.2. The number of primary amides is 1. The summed E-state index contributed by atoms with van der Waals surface area (Å²) >= 11 is 0. The number of carbonyl (C=O) groups is 1. The molecule has 0 spiro atoms. The molecule has 2 aromatic rings. The Morgan fingerprint density at radius 3 is 2.62 bits per heavy atom. The Morgan fingerprint density at radius 2 is 2.06 bits per heavy atom. The lowest BCUT2D eigenvalue weighted by molar-refractivity contribution is 0.100. The number of nitrogens with zero attached hydrogens (tertiary/aromatic N) is 4. The molecule has 2 aromatic heterocycles. The van der Waals surface area contributed by atoms with E-state index in [0.29, 0.717) is 5.82 Å². The summed E-state index contributed by atoms with van der Waals surface area (Å²) in [4.78, 5) is 18.5. The van der Waals surface area contributed by atoms with Crippen molar-refractivity contribution in [3.05, 3.63) is 24.0 Å². The van der Waals surface area contributed by atoms with Gasteiger partial charge in [-0.15, -0.1) is 0 Å². The highest BCUT2D eigenvalue weighted by Crippen LogP contribution is 2.09. The fourth-order valence-electron chi connectivity index (χ4n) is 1.16. The number of carbonyl (C=O) groups excluding carboxylic acids is 1. The monoisotopic (exact) mass is 219 g/mol. The highest BCUT2D eigenvalue weighted by molar-refractivity contribution is 5.92. The molecule has 0 bridgehead atoms. The molecule has 0 saturated heterocycles. The first-order valence-corrected chi connectivity index (χ1v) is 4.31. The van der Waals surface area contributed by atoms with Gasteiger partial charge in [-0.3, -0.25) is 4.79 Å². The lowest BCUT2D eigenvalue weighted by Crippen LogP contribution is -2.10. The lowest BCUT2D eigenvalue weighted by atomic mass is 10.3. The van der Waals surface area contributed by atoms with E-state index in [9.17, 15) is 4.79 Å². The smallest absolute Gasteiger partial charge is 0.251 e. The summed E-state index contributed by atoms with van der Waals surface area (Å²) in [5, 5.41) is 3.90. The molecule has 82 valence electrons. The summed E-state index contributed by atoms with van der Waals surface area (Å²) in [5.74, 6) is 0.0588. The van der Waals surface area contributed by atoms with Gasteiger partial charge in [0.15, 0.2) is 5.82 Å². The van der Waals surface area contributed by atoms with Crippen LogP contribution in [-0.2, 0) is 0 Å². The predicted octanol–water partition coefficient (Wildman–Crippen LogP) is -1.07. The summed E-state index contributed by atoms with van der Waals surface area (Å²) in [6.45, 7) is 0. The summed E-state index contributed by atoms with van der Waals surface area (Å²) in [6.07, 6.45) is 2.76. The van der Waals surface area contributed by atoms with E-state index in [-0.39, 0.29) is 17.3 Å². The molecule has 8 nitrogen and oxygen atoms in total. The van der Waals surface area contributed by atoms with Gasteiger partial charge in [0.2, 0.25) is 5.95 Å². The fraction of sp³-hybridized carbons (Fsp3) is 0. The maximum atomic E-state index is 10.9. The van der Waals surface area contributed by atoms with E-state index in [2.05, 4.69) is 15.1 Å². The van der Waals surface area contributed by atoms with Gasteiger partial charge in [-0.2, -0.15) is 15.1 Å². The Kier molecular flexibility index (Phi) is 2.16. The summed E-state index contributed by atoms with van der Waals surface area (Å²) < 4.78 is 1.34. The van der Waals surface area contributed by atoms with E-state index in [0.717, 1.165) is 0 Å². The van der Waals surface area contributed by atoms with Gasteiger partial charge in [-0.1, -0.05) is 0 Å². The number of hydrogen-bond donors (Lipinski definition) is 3. The summed E-state index contributed by atoms with van der Waals surface area (Å²) in [5.41, 5.74) is 16.3. The molecule has 0 aliphatic heterocycles. The van der Waals surface area contributed by atoms with E-state index in [1.165, 1.54) is 23.1 Å². The molecule has 0 aliphatic carbocycles. The van der Waals surface area contributed by atoms with E-state index in [4.69, 9.17) is 17.2 Å². The molecule has 0 radical (unpaired) electrons. The first kappa shape index (κ1) is 9.90. The van der Waals surface area contributed by atoms with Crippen LogP contribution in [0.5, 0.6) is 0 Å². The van der Waals surface area contributed by atoms with Gasteiger partial charge in [0.1, 0.15) is 5.82 Å². The van der Waals surface area contributed by atoms with Crippen molar-refractivity contribution in [3.8, 4) is 5.82 Å². The summed E-state index contributed by atoms with van der Waals surface area (Å²) in [6, 6.07) is 1.48. The van der Waals surface area contributed by atoms with Crippen LogP contribution in [-0.4, -0.2) is 25.7 Å². The Labute approximate surface area is 90.1 Å². The largest absolute Gasteiger partial charge is 0.383 e. The standard InChI is InChI=1S/C8H9N7O/c9-5-1-6(14-8(11)13-5)15-3-4(2-12-15)7(10)16/h1-3H,(H2,10,16)(H4,9,11,13,14). The van der Waals surface area contributed by atoms with Crippen molar-refractivity contribution in [2.24, 2.45) is 5.73 Å². The molecular formula is C8H9N7O. The average molecular weight is 219 g/mol. The fourth-order valence-corrected chi connectivity index (χ4v) is 1.16. The summed E-state index contributed by atoms with van der Waals surface area (Å²) in [7, 11) is 0. The van der Waals surface area contributed by atoms with Crippen LogP contribution in [0.3, 0.4) is 0 Å². The van der Waals surface area contributed by atoms with E-state index in [1.54, 1.807) is 0 Å². The second-order valence-electron chi connectivity index (χ2n) is 3.05. The lowest BCUT2D eigenvalue weighted by Gasteiger charge is -2.01. The Morgan fingerprint density at radius 1 is 1.31 bits per heavy atom. The number of nitrogens with two attached hydrogens (primary N) is 3. The first-order valence-electron chi connectivity index (χ1n) is 4.31. The first-order chi connectivity index (χ1) is 7.56. The molecule has 16 heavy (non-hydrogen) atoms. The maximum Gasteiger partial charge on any atom is 0.251 e. The second-order valence-corrected chi connectivity index (χ2v) is 3.05. The molecular weight excluding hydrogens is 210 g/mol. The molecule has 6 N–H and O–H groups in total. The number of anilines is 2. The van der Waals surface area contributed by atoms with Gasteiger partial charge >= 0.3 is 0 Å². The van der Waals surface area contributed by atoms with Crippen molar-refractivity contribution in [2.75, 3.05) is 11.5 Å². The Hall–Kier alpha value is -2.64. The van der Waals surface area contributed by atoms with Gasteiger partial charge in [0, 0.05) is 12.3 Å². The van der Waals surface area contributed by atoms with Crippen LogP contribution in [0.1, 0.15) is 10.4 Å². The van der Waals surface area contributed by atoms with Crippen molar-refractivity contribution in [3.63, 3.8) is 0 Å². The Bertz CT molecular complexity index is 527. The van der Waals surface area contributed by atoms with Crippen LogP contribution in [0, 0.1) is 0 Å². The van der Waals surface area contributed by atoms with Crippen LogP contribution in [0.15, 0.2) is 18.5 Å². The van der Waals surface area contributed by atoms with Crippen molar-refractivity contribution < 1.29 is 4.79 Å². The zero-order valence-electron chi connectivity index (χ0n) is 8.16. The highest BCUT2D eigenvalue weighted by Gasteiger charge is 2.07. The van der Waals surface area contributed by atoms with E-state index < -0.39 is 5.91 Å². The van der Waals surface area contributed by atoms with Gasteiger partial charge in [0.25, 0.3) is 5.91 Å². The number of nitrogen functional groups attached to an aromatic ring is 2. The molecule has 0 atom stereocenters. The number of rotatable bonds is 2. The average Bonchev–Trinajstić information content (AvgIpc) is 2.64. The molecule has 0 aliphatic rings. The molecule has 0 unspecified atom stereocenters. The van der Waals surface area contributed by atoms with Gasteiger partial charge < -0.3 is 17.2 Å². The predicted molar refractivity (Wildman–Crippen MR) is 56.5 cm³/mol. The number of amides is 1. The van der Waals surface area contributed by atoms with Crippen molar-refractivity contribution in [1.82, 2.24) is 19.7 Å². The third-order valence-electron chi connectivity index (χ3n) is 1.85. The van der Waals surface area contributed by atoms with E-state index >= 15 is 0 Å². The Balaban J connectivity index is 2.46.